The maximum Gasteiger partial charge on any atom is 0.242 e. The van der Waals surface area contributed by atoms with Crippen LogP contribution in [0.25, 0.3) is 33.2 Å². The second-order valence-corrected chi connectivity index (χ2v) is 31.1. The number of pyridine rings is 1. The van der Waals surface area contributed by atoms with Gasteiger partial charge in [0.25, 0.3) is 0 Å². The van der Waals surface area contributed by atoms with Gasteiger partial charge in [0.1, 0.15) is 11.2 Å². The molecule has 0 aliphatic rings. The molecule has 2 heterocycles. The number of rotatable bonds is 10. The first kappa shape index (κ1) is 41.9. The molecule has 0 saturated heterocycles. The first-order valence-corrected chi connectivity index (χ1v) is 28.3. The first-order valence-electron chi connectivity index (χ1n) is 21.3. The van der Waals surface area contributed by atoms with Crippen LogP contribution in [0.3, 0.4) is 0 Å². The molecule has 2 aromatic heterocycles. The lowest BCUT2D eigenvalue weighted by Crippen LogP contribution is -2.59. The van der Waals surface area contributed by atoms with Gasteiger partial charge in [-0.3, -0.25) is 4.98 Å². The monoisotopic (exact) mass is 777 g/mol. The van der Waals surface area contributed by atoms with Crippen molar-refractivity contribution < 1.29 is 4.42 Å². The molecule has 0 aliphatic carbocycles. The highest BCUT2D eigenvalue weighted by Gasteiger charge is 2.36. The van der Waals surface area contributed by atoms with E-state index in [9.17, 15) is 0 Å². The molecular weight excluding hydrogens is 710 g/mol. The van der Waals surface area contributed by atoms with Crippen molar-refractivity contribution in [3.05, 3.63) is 107 Å². The summed E-state index contributed by atoms with van der Waals surface area (Å²) in [7, 11) is -3.22. The van der Waals surface area contributed by atoms with Gasteiger partial charge >= 0.3 is 0 Å². The summed E-state index contributed by atoms with van der Waals surface area (Å²) in [5, 5.41) is 5.40. The third kappa shape index (κ3) is 8.05. The maximum absolute atomic E-state index is 7.04. The van der Waals surface area contributed by atoms with Gasteiger partial charge in [0.05, 0.1) is 21.8 Å². The molecule has 0 aliphatic heterocycles. The van der Waals surface area contributed by atoms with Crippen molar-refractivity contribution in [2.45, 2.75) is 145 Å². The summed E-state index contributed by atoms with van der Waals surface area (Å²) in [6.45, 7) is 41.0. The van der Waals surface area contributed by atoms with Crippen molar-refractivity contribution in [1.82, 2.24) is 4.98 Å². The molecule has 5 heteroatoms. The third-order valence-corrected chi connectivity index (χ3v) is 16.1. The summed E-state index contributed by atoms with van der Waals surface area (Å²) in [6.07, 6.45) is 1.94. The van der Waals surface area contributed by atoms with E-state index in [2.05, 4.69) is 188 Å². The molecule has 0 saturated carbocycles. The lowest BCUT2D eigenvalue weighted by molar-refractivity contribution is 0.589. The van der Waals surface area contributed by atoms with Gasteiger partial charge in [-0.1, -0.05) is 191 Å². The standard InChI is InChI=1S/C51H68BNOSi2/c1-31(2)42-27-37(55(12,13)14)28-43(32(3)4)48(42)52(49-44(33(5)6)29-38(56(15,16)17)30-45(49)34(7)8)36-21-22-39-40-19-18-20-41(50(40)54-47(39)26-36)46-25-35(23-24-53-46)51(9,10)11/h18-34H,1-17H3. The molecule has 6 rings (SSSR count). The molecule has 0 bridgehead atoms. The molecule has 4 aromatic carbocycles. The second-order valence-electron chi connectivity index (χ2n) is 20.9. The van der Waals surface area contributed by atoms with Crippen molar-refractivity contribution in [1.29, 1.82) is 0 Å². The zero-order valence-corrected chi connectivity index (χ0v) is 39.7. The Hall–Kier alpha value is -3.67. The third-order valence-electron chi connectivity index (χ3n) is 12.0. The maximum atomic E-state index is 7.04. The number of benzene rings is 4. The van der Waals surface area contributed by atoms with Crippen LogP contribution >= 0.6 is 0 Å². The highest BCUT2D eigenvalue weighted by Crippen LogP contribution is 2.36. The van der Waals surface area contributed by atoms with Gasteiger partial charge in [-0.15, -0.1) is 0 Å². The minimum Gasteiger partial charge on any atom is -0.455 e. The molecule has 0 unspecified atom stereocenters. The van der Waals surface area contributed by atoms with E-state index in [1.54, 1.807) is 10.4 Å². The fraction of sp³-hybridized carbons (Fsp3) is 0.431. The van der Waals surface area contributed by atoms with Crippen LogP contribution in [0.1, 0.15) is 128 Å². The zero-order valence-electron chi connectivity index (χ0n) is 37.7. The number of hydrogen-bond donors (Lipinski definition) is 0. The van der Waals surface area contributed by atoms with E-state index in [-0.39, 0.29) is 12.1 Å². The van der Waals surface area contributed by atoms with E-state index in [1.807, 2.05) is 6.20 Å². The SMILES string of the molecule is CC(C)c1cc([Si](C)(C)C)cc(C(C)C)c1B(c1ccc2c(c1)oc1c(-c3cc(C(C)(C)C)ccn3)cccc12)c1c(C(C)C)cc([Si](C)(C)C)cc1C(C)C. The van der Waals surface area contributed by atoms with Crippen molar-refractivity contribution in [3.63, 3.8) is 0 Å². The summed E-state index contributed by atoms with van der Waals surface area (Å²) in [5.74, 6) is 1.51. The number of fused-ring (bicyclic) bond motifs is 3. The van der Waals surface area contributed by atoms with Crippen molar-refractivity contribution in [2.24, 2.45) is 0 Å². The number of furan rings is 1. The summed E-state index contributed by atoms with van der Waals surface area (Å²) >= 11 is 0. The normalized spacial score (nSPS) is 13.0. The number of para-hydroxylation sites is 1. The molecule has 294 valence electrons. The summed E-state index contributed by atoms with van der Waals surface area (Å²) in [6, 6.07) is 28.5. The summed E-state index contributed by atoms with van der Waals surface area (Å²) in [4.78, 5) is 4.87. The van der Waals surface area contributed by atoms with E-state index in [4.69, 9.17) is 9.40 Å². The Labute approximate surface area is 342 Å². The van der Waals surface area contributed by atoms with Crippen LogP contribution < -0.4 is 26.8 Å². The lowest BCUT2D eigenvalue weighted by Gasteiger charge is -2.33. The van der Waals surface area contributed by atoms with Crippen LogP contribution in [0.5, 0.6) is 0 Å². The predicted octanol–water partition coefficient (Wildman–Crippen LogP) is 12.0. The molecule has 6 aromatic rings. The molecule has 0 radical (unpaired) electrons. The Morgan fingerprint density at radius 2 is 1.05 bits per heavy atom. The van der Waals surface area contributed by atoms with Gasteiger partial charge in [0, 0.05) is 22.5 Å². The van der Waals surface area contributed by atoms with Gasteiger partial charge in [-0.2, -0.15) is 0 Å². The second kappa shape index (κ2) is 15.3. The van der Waals surface area contributed by atoms with Gasteiger partial charge in [-0.05, 0) is 81.2 Å². The Morgan fingerprint density at radius 1 is 0.571 bits per heavy atom. The van der Waals surface area contributed by atoms with Gasteiger partial charge in [-0.25, -0.2) is 0 Å². The van der Waals surface area contributed by atoms with E-state index >= 15 is 0 Å². The van der Waals surface area contributed by atoms with Gasteiger partial charge < -0.3 is 4.42 Å². The predicted molar refractivity (Wildman–Crippen MR) is 256 cm³/mol. The summed E-state index contributed by atoms with van der Waals surface area (Å²) in [5.41, 5.74) is 15.4. The van der Waals surface area contributed by atoms with E-state index in [0.717, 1.165) is 33.2 Å². The van der Waals surface area contributed by atoms with Crippen molar-refractivity contribution in [3.8, 4) is 11.3 Å². The largest absolute Gasteiger partial charge is 0.455 e. The molecule has 0 N–H and O–H groups in total. The molecule has 2 nitrogen and oxygen atoms in total. The number of hydrogen-bond acceptors (Lipinski definition) is 2. The van der Waals surface area contributed by atoms with Crippen LogP contribution in [0.2, 0.25) is 39.3 Å². The molecule has 56 heavy (non-hydrogen) atoms. The fourth-order valence-electron chi connectivity index (χ4n) is 8.56. The average molecular weight is 778 g/mol. The Balaban J connectivity index is 1.74. The van der Waals surface area contributed by atoms with Gasteiger partial charge in [0.15, 0.2) is 0 Å². The molecule has 0 fully saturated rings. The smallest absolute Gasteiger partial charge is 0.242 e. The van der Waals surface area contributed by atoms with Crippen LogP contribution in [0.15, 0.2) is 83.4 Å². The minimum atomic E-state index is -1.61. The van der Waals surface area contributed by atoms with Crippen LogP contribution in [0.4, 0.5) is 0 Å². The highest BCUT2D eigenvalue weighted by molar-refractivity contribution is 6.97. The first-order chi connectivity index (χ1) is 26.0. The fourth-order valence-corrected chi connectivity index (χ4v) is 10.9. The molecule has 0 amide bonds. The van der Waals surface area contributed by atoms with E-state index in [0.29, 0.717) is 23.7 Å². The van der Waals surface area contributed by atoms with Crippen LogP contribution in [-0.2, 0) is 5.41 Å². The van der Waals surface area contributed by atoms with Crippen molar-refractivity contribution in [2.75, 3.05) is 0 Å². The van der Waals surface area contributed by atoms with Crippen LogP contribution in [-0.4, -0.2) is 27.8 Å². The Kier molecular flexibility index (Phi) is 11.4. The van der Waals surface area contributed by atoms with Gasteiger partial charge in [0.2, 0.25) is 6.71 Å². The minimum absolute atomic E-state index is 0.0251. The Bertz CT molecular complexity index is 2250. The van der Waals surface area contributed by atoms with E-state index in [1.165, 1.54) is 44.2 Å². The lowest BCUT2D eigenvalue weighted by atomic mass is 9.33. The Morgan fingerprint density at radius 3 is 1.48 bits per heavy atom. The average Bonchev–Trinajstić information content (AvgIpc) is 3.48. The number of nitrogens with zero attached hydrogens (tertiary/aromatic N) is 1. The van der Waals surface area contributed by atoms with Crippen molar-refractivity contribution >= 4 is 71.6 Å². The molecular formula is C51H68BNOSi2. The quantitative estimate of drug-likeness (QED) is 0.130. The number of aromatic nitrogens is 1. The topological polar surface area (TPSA) is 26.0 Å². The summed E-state index contributed by atoms with van der Waals surface area (Å²) < 4.78 is 7.04. The van der Waals surface area contributed by atoms with E-state index < -0.39 is 16.1 Å². The molecule has 0 atom stereocenters. The zero-order chi connectivity index (χ0) is 41.2. The molecule has 0 spiro atoms. The van der Waals surface area contributed by atoms with Crippen LogP contribution in [0, 0.1) is 0 Å². The highest BCUT2D eigenvalue weighted by atomic mass is 28.3.